The molecule has 0 rings (SSSR count). The Bertz CT molecular complexity index is 102. The van der Waals surface area contributed by atoms with Crippen molar-refractivity contribution >= 4 is 0 Å². The molecule has 0 radical (unpaired) electrons. The van der Waals surface area contributed by atoms with Gasteiger partial charge in [-0.15, -0.1) is 13.2 Å². The zero-order valence-electron chi connectivity index (χ0n) is 5.99. The van der Waals surface area contributed by atoms with E-state index in [1.807, 2.05) is 0 Å². The molecule has 0 atom stereocenters. The van der Waals surface area contributed by atoms with Crippen molar-refractivity contribution in [1.29, 1.82) is 0 Å². The maximum absolute atomic E-state index is 11.3. The normalized spacial score (nSPS) is 6.80. The van der Waals surface area contributed by atoms with Gasteiger partial charge < -0.3 is 9.47 Å². The summed E-state index contributed by atoms with van der Waals surface area (Å²) in [6.07, 6.45) is -1.95. The molecule has 0 unspecified atom stereocenters. The van der Waals surface area contributed by atoms with Gasteiger partial charge in [-0.3, -0.25) is 0 Å². The maximum atomic E-state index is 11.3. The first-order valence-corrected chi connectivity index (χ1v) is 2.35. The highest BCUT2D eigenvalue weighted by molar-refractivity contribution is 4.80. The first-order valence-electron chi connectivity index (χ1n) is 2.35. The molecule has 0 saturated carbocycles. The van der Waals surface area contributed by atoms with E-state index in [0.717, 1.165) is 14.2 Å². The van der Waals surface area contributed by atoms with E-state index in [2.05, 4.69) is 22.6 Å². The molecule has 4 heteroatoms. The second-order valence-electron chi connectivity index (χ2n) is 0.956. The molecule has 10 heavy (non-hydrogen) atoms. The Balaban J connectivity index is 0. The van der Waals surface area contributed by atoms with Crippen LogP contribution in [0.25, 0.3) is 0 Å². The minimum absolute atomic E-state index is 0.731. The minimum Gasteiger partial charge on any atom is -0.465 e. The van der Waals surface area contributed by atoms with Crippen molar-refractivity contribution in [2.75, 3.05) is 14.2 Å². The lowest BCUT2D eigenvalue weighted by atomic mass is 10.9. The van der Waals surface area contributed by atoms with E-state index in [9.17, 15) is 8.78 Å². The molecule has 2 nitrogen and oxygen atoms in total. The number of methoxy groups -OCH3 is 2. The van der Waals surface area contributed by atoms with E-state index in [1.54, 1.807) is 0 Å². The van der Waals surface area contributed by atoms with Crippen LogP contribution >= 0.6 is 0 Å². The van der Waals surface area contributed by atoms with Crippen molar-refractivity contribution in [3.05, 3.63) is 25.2 Å². The van der Waals surface area contributed by atoms with E-state index < -0.39 is 12.0 Å². The molecular formula is C6H10F2O2. The smallest absolute Gasteiger partial charge is 0.349 e. The summed E-state index contributed by atoms with van der Waals surface area (Å²) in [7, 11) is 2.22. The van der Waals surface area contributed by atoms with Crippen molar-refractivity contribution < 1.29 is 18.3 Å². The summed E-state index contributed by atoms with van der Waals surface area (Å²) in [5.74, 6) is -0.731. The Morgan fingerprint density at radius 3 is 1.40 bits per heavy atom. The maximum Gasteiger partial charge on any atom is 0.349 e. The van der Waals surface area contributed by atoms with Gasteiger partial charge in [0.2, 0.25) is 0 Å². The summed E-state index contributed by atoms with van der Waals surface area (Å²) in [4.78, 5) is 0. The molecular weight excluding hydrogens is 142 g/mol. The van der Waals surface area contributed by atoms with Crippen LogP contribution in [-0.4, -0.2) is 14.2 Å². The Kier molecular flexibility index (Phi) is 9.29. The van der Waals surface area contributed by atoms with Gasteiger partial charge in [0.15, 0.2) is 0 Å². The number of rotatable bonds is 2. The molecule has 0 aliphatic carbocycles. The third-order valence-electron chi connectivity index (χ3n) is 0.525. The Labute approximate surface area is 58.7 Å². The quantitative estimate of drug-likeness (QED) is 0.446. The van der Waals surface area contributed by atoms with Gasteiger partial charge in [0.1, 0.15) is 0 Å². The van der Waals surface area contributed by atoms with E-state index >= 15 is 0 Å². The van der Waals surface area contributed by atoms with E-state index in [1.165, 1.54) is 0 Å². The van der Waals surface area contributed by atoms with Crippen molar-refractivity contribution in [2.45, 2.75) is 0 Å². The van der Waals surface area contributed by atoms with Crippen molar-refractivity contribution in [3.63, 3.8) is 0 Å². The summed E-state index contributed by atoms with van der Waals surface area (Å²) < 4.78 is 30.8. The van der Waals surface area contributed by atoms with Gasteiger partial charge in [0, 0.05) is 0 Å². The third-order valence-corrected chi connectivity index (χ3v) is 0.525. The molecule has 0 bridgehead atoms. The average Bonchev–Trinajstić information content (AvgIpc) is 1.94. The molecule has 0 saturated heterocycles. The SMILES string of the molecule is C=C.COC(OC)=C(F)F. The molecule has 0 N–H and O–H groups in total. The standard InChI is InChI=1S/C4H6F2O2.C2H4/c1-7-4(8-2)3(5)6;1-2/h1-2H3;1-2H2. The average molecular weight is 152 g/mol. The van der Waals surface area contributed by atoms with Crippen LogP contribution in [0, 0.1) is 0 Å². The lowest BCUT2D eigenvalue weighted by Gasteiger charge is -1.98. The highest BCUT2D eigenvalue weighted by Crippen LogP contribution is 2.07. The molecule has 0 aromatic carbocycles. The monoisotopic (exact) mass is 152 g/mol. The fraction of sp³-hybridized carbons (Fsp3) is 0.333. The lowest BCUT2D eigenvalue weighted by Crippen LogP contribution is -1.89. The predicted octanol–water partition coefficient (Wildman–Crippen LogP) is 2.15. The largest absolute Gasteiger partial charge is 0.465 e. The number of hydrogen-bond donors (Lipinski definition) is 0. The van der Waals surface area contributed by atoms with Crippen LogP contribution in [0.15, 0.2) is 25.2 Å². The molecule has 0 heterocycles. The molecule has 0 aliphatic rings. The molecule has 0 spiro atoms. The van der Waals surface area contributed by atoms with Crippen LogP contribution in [-0.2, 0) is 9.47 Å². The van der Waals surface area contributed by atoms with Gasteiger partial charge >= 0.3 is 12.0 Å². The van der Waals surface area contributed by atoms with E-state index in [0.29, 0.717) is 0 Å². The molecule has 0 amide bonds. The van der Waals surface area contributed by atoms with E-state index in [-0.39, 0.29) is 0 Å². The fourth-order valence-corrected chi connectivity index (χ4v) is 0.238. The first-order chi connectivity index (χ1) is 4.72. The van der Waals surface area contributed by atoms with Gasteiger partial charge in [-0.1, -0.05) is 0 Å². The van der Waals surface area contributed by atoms with Crippen LogP contribution in [0.5, 0.6) is 0 Å². The first kappa shape index (κ1) is 11.7. The fourth-order valence-electron chi connectivity index (χ4n) is 0.238. The second-order valence-corrected chi connectivity index (χ2v) is 0.956. The molecule has 0 aliphatic heterocycles. The van der Waals surface area contributed by atoms with Gasteiger partial charge in [0.05, 0.1) is 14.2 Å². The van der Waals surface area contributed by atoms with Crippen LogP contribution in [0.1, 0.15) is 0 Å². The molecule has 60 valence electrons. The zero-order chi connectivity index (χ0) is 8.57. The van der Waals surface area contributed by atoms with E-state index in [4.69, 9.17) is 0 Å². The van der Waals surface area contributed by atoms with Crippen molar-refractivity contribution in [2.24, 2.45) is 0 Å². The second kappa shape index (κ2) is 7.94. The Morgan fingerprint density at radius 1 is 1.10 bits per heavy atom. The number of halogens is 2. The summed E-state index contributed by atoms with van der Waals surface area (Å²) in [5, 5.41) is 0. The van der Waals surface area contributed by atoms with Crippen LogP contribution in [0.3, 0.4) is 0 Å². The van der Waals surface area contributed by atoms with Gasteiger partial charge in [-0.05, 0) is 0 Å². The molecule has 0 fully saturated rings. The van der Waals surface area contributed by atoms with Crippen molar-refractivity contribution in [1.82, 2.24) is 0 Å². The van der Waals surface area contributed by atoms with Crippen molar-refractivity contribution in [3.8, 4) is 0 Å². The van der Waals surface area contributed by atoms with Crippen LogP contribution < -0.4 is 0 Å². The summed E-state index contributed by atoms with van der Waals surface area (Å²) >= 11 is 0. The predicted molar refractivity (Wildman–Crippen MR) is 34.5 cm³/mol. The summed E-state index contributed by atoms with van der Waals surface area (Å²) in [5.41, 5.74) is 0. The van der Waals surface area contributed by atoms with Gasteiger partial charge in [-0.2, -0.15) is 8.78 Å². The Morgan fingerprint density at radius 2 is 1.40 bits per heavy atom. The topological polar surface area (TPSA) is 18.5 Å². The third kappa shape index (κ3) is 5.08. The van der Waals surface area contributed by atoms with Gasteiger partial charge in [-0.25, -0.2) is 0 Å². The zero-order valence-corrected chi connectivity index (χ0v) is 5.99. The lowest BCUT2D eigenvalue weighted by molar-refractivity contribution is 0.0706. The number of ether oxygens (including phenoxy) is 2. The summed E-state index contributed by atoms with van der Waals surface area (Å²) in [6.45, 7) is 6.00. The highest BCUT2D eigenvalue weighted by Gasteiger charge is 2.02. The minimum atomic E-state index is -1.95. The van der Waals surface area contributed by atoms with Crippen LogP contribution in [0.2, 0.25) is 0 Å². The highest BCUT2D eigenvalue weighted by atomic mass is 19.3. The number of hydrogen-bond acceptors (Lipinski definition) is 2. The Hall–Kier alpha value is -1.06. The summed E-state index contributed by atoms with van der Waals surface area (Å²) in [6, 6.07) is 0. The molecule has 0 aromatic rings. The van der Waals surface area contributed by atoms with Gasteiger partial charge in [0.25, 0.3) is 0 Å². The molecule has 0 aromatic heterocycles. The van der Waals surface area contributed by atoms with Crippen LogP contribution in [0.4, 0.5) is 8.78 Å².